The van der Waals surface area contributed by atoms with Crippen LogP contribution in [0.3, 0.4) is 0 Å². The molecule has 0 amide bonds. The van der Waals surface area contributed by atoms with Crippen LogP contribution in [0.25, 0.3) is 0 Å². The molecule has 2 aliphatic rings. The minimum Gasteiger partial charge on any atom is -0.379 e. The average molecular weight is 364 g/mol. The van der Waals surface area contributed by atoms with Gasteiger partial charge in [0.05, 0.1) is 12.3 Å². The molecule has 0 aliphatic carbocycles. The van der Waals surface area contributed by atoms with Gasteiger partial charge in [0.2, 0.25) is 0 Å². The number of aromatic nitrogens is 2. The highest BCUT2D eigenvalue weighted by Crippen LogP contribution is 2.49. The maximum Gasteiger partial charge on any atom is 0.154 e. The summed E-state index contributed by atoms with van der Waals surface area (Å²) in [6.45, 7) is 0.183. The van der Waals surface area contributed by atoms with E-state index in [1.54, 1.807) is 4.68 Å². The molecule has 1 aromatic carbocycles. The normalized spacial score (nSPS) is 29.2. The van der Waals surface area contributed by atoms with E-state index in [0.29, 0.717) is 22.9 Å². The number of aliphatic imine (C=N–C) groups is 1. The van der Waals surface area contributed by atoms with Gasteiger partial charge in [-0.05, 0) is 18.6 Å². The van der Waals surface area contributed by atoms with Crippen LogP contribution in [0.5, 0.6) is 0 Å². The van der Waals surface area contributed by atoms with Crippen LogP contribution in [-0.2, 0) is 17.3 Å². The highest BCUT2D eigenvalue weighted by Gasteiger charge is 2.49. The number of halogens is 2. The molecule has 2 aliphatic heterocycles. The van der Waals surface area contributed by atoms with Crippen molar-refractivity contribution in [2.24, 2.45) is 23.7 Å². The van der Waals surface area contributed by atoms with E-state index in [0.717, 1.165) is 11.8 Å². The van der Waals surface area contributed by atoms with Crippen LogP contribution in [0.1, 0.15) is 23.8 Å². The van der Waals surface area contributed by atoms with E-state index in [-0.39, 0.29) is 18.6 Å². The minimum absolute atomic E-state index is 0.0190. The summed E-state index contributed by atoms with van der Waals surface area (Å²) >= 11 is 1.46. The van der Waals surface area contributed by atoms with E-state index in [4.69, 9.17) is 10.5 Å². The summed E-state index contributed by atoms with van der Waals surface area (Å²) in [5, 5.41) is 4.81. The molecule has 3 heterocycles. The number of hydrogen-bond donors (Lipinski definition) is 1. The lowest BCUT2D eigenvalue weighted by Gasteiger charge is -2.46. The van der Waals surface area contributed by atoms with Crippen LogP contribution in [0.15, 0.2) is 35.5 Å². The van der Waals surface area contributed by atoms with Crippen LogP contribution in [-0.4, -0.2) is 27.3 Å². The van der Waals surface area contributed by atoms with Crippen molar-refractivity contribution in [2.75, 3.05) is 12.4 Å². The topological polar surface area (TPSA) is 65.4 Å². The van der Waals surface area contributed by atoms with Crippen LogP contribution < -0.4 is 5.73 Å². The minimum atomic E-state index is -0.918. The molecule has 0 radical (unpaired) electrons. The molecule has 2 aromatic rings. The Kier molecular flexibility index (Phi) is 4.04. The van der Waals surface area contributed by atoms with Crippen molar-refractivity contribution >= 4 is 16.9 Å². The number of rotatable bonds is 2. The molecule has 0 bridgehead atoms. The summed E-state index contributed by atoms with van der Waals surface area (Å²) in [6, 6.07) is 5.51. The fraction of sp³-hybridized carbons (Fsp3) is 0.412. The summed E-state index contributed by atoms with van der Waals surface area (Å²) in [7, 11) is 1.85. The van der Waals surface area contributed by atoms with Gasteiger partial charge in [0.1, 0.15) is 23.3 Å². The molecule has 132 valence electrons. The molecule has 1 saturated heterocycles. The zero-order chi connectivity index (χ0) is 17.6. The zero-order valence-corrected chi connectivity index (χ0v) is 14.5. The summed E-state index contributed by atoms with van der Waals surface area (Å²) < 4.78 is 35.6. The molecule has 4 rings (SSSR count). The van der Waals surface area contributed by atoms with E-state index in [1.165, 1.54) is 23.9 Å². The van der Waals surface area contributed by atoms with Crippen molar-refractivity contribution in [1.29, 1.82) is 0 Å². The third-order valence-electron chi connectivity index (χ3n) is 4.88. The molecule has 3 atom stereocenters. The van der Waals surface area contributed by atoms with Crippen molar-refractivity contribution in [2.45, 2.75) is 18.1 Å². The Labute approximate surface area is 148 Å². The van der Waals surface area contributed by atoms with E-state index in [1.807, 2.05) is 19.3 Å². The lowest BCUT2D eigenvalue weighted by Crippen LogP contribution is -2.48. The number of nitrogens with zero attached hydrogens (tertiary/aromatic N) is 3. The van der Waals surface area contributed by atoms with Crippen molar-refractivity contribution < 1.29 is 13.5 Å². The molecular weight excluding hydrogens is 346 g/mol. The fourth-order valence-corrected chi connectivity index (χ4v) is 4.63. The second kappa shape index (κ2) is 6.10. The predicted octanol–water partition coefficient (Wildman–Crippen LogP) is 2.73. The fourth-order valence-electron chi connectivity index (χ4n) is 3.62. The molecular formula is C17H18F2N4OS. The Hall–Kier alpha value is -1.93. The first-order valence-electron chi connectivity index (χ1n) is 8.03. The van der Waals surface area contributed by atoms with Crippen molar-refractivity contribution in [3.05, 3.63) is 53.4 Å². The summed E-state index contributed by atoms with van der Waals surface area (Å²) in [6.07, 6.45) is 2.35. The number of benzene rings is 1. The predicted molar refractivity (Wildman–Crippen MR) is 92.1 cm³/mol. The number of thioether (sulfide) groups is 1. The van der Waals surface area contributed by atoms with Gasteiger partial charge in [-0.1, -0.05) is 17.8 Å². The maximum atomic E-state index is 14.5. The molecule has 8 heteroatoms. The Morgan fingerprint density at radius 1 is 1.36 bits per heavy atom. The molecule has 0 spiro atoms. The van der Waals surface area contributed by atoms with E-state index in [9.17, 15) is 8.78 Å². The second-order valence-corrected chi connectivity index (χ2v) is 7.50. The van der Waals surface area contributed by atoms with E-state index >= 15 is 0 Å². The van der Waals surface area contributed by atoms with Crippen LogP contribution in [0, 0.1) is 17.6 Å². The van der Waals surface area contributed by atoms with Crippen LogP contribution in [0.2, 0.25) is 0 Å². The molecule has 1 aromatic heterocycles. The Morgan fingerprint density at radius 3 is 2.92 bits per heavy atom. The molecule has 0 saturated carbocycles. The van der Waals surface area contributed by atoms with Crippen LogP contribution >= 0.6 is 11.8 Å². The molecule has 2 N–H and O–H groups in total. The Morgan fingerprint density at radius 2 is 2.20 bits per heavy atom. The lowest BCUT2D eigenvalue weighted by molar-refractivity contribution is -0.0608. The standard InChI is InChI=1S/C17H18F2N4OS/c1-23-5-4-14(22-23)15-6-10-8-25-16(20)21-17(10,9-24-15)12-3-2-11(18)7-13(12)19/h2-5,7,10,15H,6,8-9H2,1H3,(H2,20,21)/t10-,15+,17-/m0/s1. The smallest absolute Gasteiger partial charge is 0.154 e. The van der Waals surface area contributed by atoms with Crippen molar-refractivity contribution in [1.82, 2.24) is 9.78 Å². The first-order valence-corrected chi connectivity index (χ1v) is 9.01. The van der Waals surface area contributed by atoms with Gasteiger partial charge in [0, 0.05) is 36.5 Å². The Balaban J connectivity index is 1.73. The number of aryl methyl sites for hydroxylation is 1. The first-order chi connectivity index (χ1) is 12.0. The van der Waals surface area contributed by atoms with Crippen molar-refractivity contribution in [3.63, 3.8) is 0 Å². The molecule has 1 fully saturated rings. The highest BCUT2D eigenvalue weighted by molar-refractivity contribution is 8.13. The van der Waals surface area contributed by atoms with Gasteiger partial charge in [-0.15, -0.1) is 0 Å². The lowest BCUT2D eigenvalue weighted by atomic mass is 9.74. The van der Waals surface area contributed by atoms with Gasteiger partial charge in [0.15, 0.2) is 5.17 Å². The number of fused-ring (bicyclic) bond motifs is 1. The SMILES string of the molecule is Cn1ccc([C@H]2C[C@H]3CSC(N)=N[C@@]3(c3ccc(F)cc3F)CO2)n1. The van der Waals surface area contributed by atoms with Crippen molar-refractivity contribution in [3.8, 4) is 0 Å². The third-order valence-corrected chi connectivity index (χ3v) is 5.84. The second-order valence-electron chi connectivity index (χ2n) is 6.46. The van der Waals surface area contributed by atoms with Gasteiger partial charge >= 0.3 is 0 Å². The summed E-state index contributed by atoms with van der Waals surface area (Å²) in [5.74, 6) is -0.503. The highest BCUT2D eigenvalue weighted by atomic mass is 32.2. The van der Waals surface area contributed by atoms with Gasteiger partial charge in [-0.3, -0.25) is 4.68 Å². The van der Waals surface area contributed by atoms with Crippen LogP contribution in [0.4, 0.5) is 8.78 Å². The summed E-state index contributed by atoms with van der Waals surface area (Å²) in [4.78, 5) is 4.57. The number of amidine groups is 1. The average Bonchev–Trinajstić information content (AvgIpc) is 3.00. The summed E-state index contributed by atoms with van der Waals surface area (Å²) in [5.41, 5.74) is 6.21. The quantitative estimate of drug-likeness (QED) is 0.890. The van der Waals surface area contributed by atoms with E-state index < -0.39 is 17.2 Å². The number of ether oxygens (including phenoxy) is 1. The molecule has 0 unspecified atom stereocenters. The maximum absolute atomic E-state index is 14.5. The molecule has 5 nitrogen and oxygen atoms in total. The monoisotopic (exact) mass is 364 g/mol. The zero-order valence-electron chi connectivity index (χ0n) is 13.7. The largest absolute Gasteiger partial charge is 0.379 e. The third kappa shape index (κ3) is 2.83. The van der Waals surface area contributed by atoms with Gasteiger partial charge in [-0.25, -0.2) is 13.8 Å². The van der Waals surface area contributed by atoms with E-state index in [2.05, 4.69) is 10.1 Å². The molecule has 25 heavy (non-hydrogen) atoms. The number of hydrogen-bond acceptors (Lipinski definition) is 5. The van der Waals surface area contributed by atoms with Gasteiger partial charge in [0.25, 0.3) is 0 Å². The van der Waals surface area contributed by atoms with Gasteiger partial charge < -0.3 is 10.5 Å². The Bertz CT molecular complexity index is 840. The first kappa shape index (κ1) is 16.5. The number of nitrogens with two attached hydrogens (primary N) is 1. The van der Waals surface area contributed by atoms with Gasteiger partial charge in [-0.2, -0.15) is 5.10 Å².